The Hall–Kier alpha value is -4.99. The fourth-order valence-electron chi connectivity index (χ4n) is 7.63. The number of aromatic nitrogens is 4. The first-order valence-electron chi connectivity index (χ1n) is 17.3. The predicted molar refractivity (Wildman–Crippen MR) is 190 cm³/mol. The number of nitrogens with one attached hydrogen (secondary N) is 2. The maximum atomic E-state index is 14.0. The summed E-state index contributed by atoms with van der Waals surface area (Å²) < 4.78 is 9.43. The van der Waals surface area contributed by atoms with E-state index in [1.807, 2.05) is 48.1 Å². The Labute approximate surface area is 286 Å². The summed E-state index contributed by atoms with van der Waals surface area (Å²) in [5.41, 5.74) is 5.77. The van der Waals surface area contributed by atoms with Gasteiger partial charge < -0.3 is 24.5 Å². The summed E-state index contributed by atoms with van der Waals surface area (Å²) in [7, 11) is 4.00. The molecule has 0 saturated heterocycles. The number of carbonyl (C=O) groups excluding carboxylic acids is 3. The molecule has 0 atom stereocenters. The van der Waals surface area contributed by atoms with Gasteiger partial charge in [-0.3, -0.25) is 14.6 Å². The molecule has 0 radical (unpaired) electrons. The number of rotatable bonds is 8. The highest BCUT2D eigenvalue weighted by Crippen LogP contribution is 2.45. The molecule has 2 saturated carbocycles. The highest BCUT2D eigenvalue weighted by molar-refractivity contribution is 6.02. The van der Waals surface area contributed by atoms with Crippen molar-refractivity contribution >= 4 is 39.7 Å². The molecule has 254 valence electrons. The van der Waals surface area contributed by atoms with Gasteiger partial charge in [-0.15, -0.1) is 0 Å². The third-order valence-electron chi connectivity index (χ3n) is 10.2. The van der Waals surface area contributed by atoms with Crippen LogP contribution in [0.1, 0.15) is 104 Å². The van der Waals surface area contributed by atoms with Crippen molar-refractivity contribution in [3.05, 3.63) is 83.3 Å². The number of nitrogens with zero attached hydrogens (tertiary/aromatic N) is 4. The number of carbonyl (C=O) groups is 3. The van der Waals surface area contributed by atoms with Crippen LogP contribution in [0, 0.1) is 0 Å². The summed E-state index contributed by atoms with van der Waals surface area (Å²) in [5, 5.41) is 7.10. The van der Waals surface area contributed by atoms with Crippen LogP contribution >= 0.6 is 0 Å². The summed E-state index contributed by atoms with van der Waals surface area (Å²) in [6.45, 7) is 5.13. The second-order valence-electron chi connectivity index (χ2n) is 14.6. The van der Waals surface area contributed by atoms with Crippen LogP contribution in [0.5, 0.6) is 0 Å². The van der Waals surface area contributed by atoms with Gasteiger partial charge in [0.2, 0.25) is 0 Å². The number of Topliss-reactive ketones (excluding diaryl/α,β-unsaturated/α-hetero) is 1. The SMILES string of the molecule is Cn1c(C2(NC(=O)c3ccc4c(C5CCCC5)c(-c5ccccn5)n(C)c4c3)CCC2)nc2ccc(C(=O)CNC(=O)OC(C)(C)C)cc21. The van der Waals surface area contributed by atoms with E-state index in [1.165, 1.54) is 36.6 Å². The highest BCUT2D eigenvalue weighted by Gasteiger charge is 2.44. The Morgan fingerprint density at radius 2 is 1.65 bits per heavy atom. The molecule has 0 unspecified atom stereocenters. The molecular weight excluding hydrogens is 616 g/mol. The molecule has 0 spiro atoms. The fraction of sp³-hybridized carbons (Fsp3) is 0.410. The first-order chi connectivity index (χ1) is 23.4. The summed E-state index contributed by atoms with van der Waals surface area (Å²) in [5.74, 6) is 0.869. The van der Waals surface area contributed by atoms with Gasteiger partial charge in [-0.1, -0.05) is 25.0 Å². The summed E-state index contributed by atoms with van der Waals surface area (Å²) in [6, 6.07) is 17.4. The number of hydrogen-bond acceptors (Lipinski definition) is 6. The fourth-order valence-corrected chi connectivity index (χ4v) is 7.63. The largest absolute Gasteiger partial charge is 0.444 e. The van der Waals surface area contributed by atoms with E-state index < -0.39 is 17.2 Å². The molecule has 0 aliphatic heterocycles. The first-order valence-corrected chi connectivity index (χ1v) is 17.3. The van der Waals surface area contributed by atoms with E-state index in [0.29, 0.717) is 17.0 Å². The second kappa shape index (κ2) is 12.5. The zero-order chi connectivity index (χ0) is 34.5. The Morgan fingerprint density at radius 3 is 2.33 bits per heavy atom. The molecule has 2 fully saturated rings. The Kier molecular flexibility index (Phi) is 8.29. The van der Waals surface area contributed by atoms with Gasteiger partial charge in [0.05, 0.1) is 34.5 Å². The monoisotopic (exact) mass is 660 g/mol. The van der Waals surface area contributed by atoms with Crippen molar-refractivity contribution in [3.63, 3.8) is 0 Å². The van der Waals surface area contributed by atoms with E-state index in [4.69, 9.17) is 14.7 Å². The van der Waals surface area contributed by atoms with Crippen molar-refractivity contribution in [3.8, 4) is 11.4 Å². The minimum Gasteiger partial charge on any atom is -0.444 e. The molecule has 2 amide bonds. The van der Waals surface area contributed by atoms with Gasteiger partial charge in [-0.2, -0.15) is 0 Å². The molecule has 3 aromatic heterocycles. The molecule has 10 nitrogen and oxygen atoms in total. The number of benzene rings is 2. The quantitative estimate of drug-likeness (QED) is 0.169. The number of alkyl carbamates (subject to hydrolysis) is 1. The Balaban J connectivity index is 1.16. The number of amides is 2. The van der Waals surface area contributed by atoms with Gasteiger partial charge in [0, 0.05) is 42.3 Å². The lowest BCUT2D eigenvalue weighted by molar-refractivity contribution is 0.0520. The summed E-state index contributed by atoms with van der Waals surface area (Å²) >= 11 is 0. The number of pyridine rings is 1. The van der Waals surface area contributed by atoms with Crippen molar-refractivity contribution in [2.24, 2.45) is 14.1 Å². The maximum Gasteiger partial charge on any atom is 0.408 e. The zero-order valence-electron chi connectivity index (χ0n) is 28.9. The minimum atomic E-state index is -0.652. The number of ether oxygens (including phenoxy) is 1. The van der Waals surface area contributed by atoms with E-state index in [1.54, 1.807) is 32.9 Å². The molecule has 5 aromatic rings. The van der Waals surface area contributed by atoms with Crippen molar-refractivity contribution < 1.29 is 19.1 Å². The first kappa shape index (κ1) is 32.6. The molecule has 10 heteroatoms. The van der Waals surface area contributed by atoms with Crippen molar-refractivity contribution in [1.29, 1.82) is 0 Å². The van der Waals surface area contributed by atoms with Crippen LogP contribution in [0.15, 0.2) is 60.8 Å². The van der Waals surface area contributed by atoms with Crippen LogP contribution in [0.25, 0.3) is 33.3 Å². The van der Waals surface area contributed by atoms with E-state index in [-0.39, 0.29) is 18.2 Å². The smallest absolute Gasteiger partial charge is 0.408 e. The average Bonchev–Trinajstić information content (AvgIpc) is 3.78. The minimum absolute atomic E-state index is 0.138. The number of aryl methyl sites for hydroxylation is 2. The average molecular weight is 661 g/mol. The molecule has 2 N–H and O–H groups in total. The van der Waals surface area contributed by atoms with Crippen LogP contribution in [0.2, 0.25) is 0 Å². The van der Waals surface area contributed by atoms with E-state index >= 15 is 0 Å². The molecule has 3 heterocycles. The number of ketones is 1. The van der Waals surface area contributed by atoms with Crippen LogP contribution in [0.3, 0.4) is 0 Å². The second-order valence-corrected chi connectivity index (χ2v) is 14.6. The third-order valence-corrected chi connectivity index (χ3v) is 10.2. The number of fused-ring (bicyclic) bond motifs is 2. The van der Waals surface area contributed by atoms with Gasteiger partial charge in [0.15, 0.2) is 5.78 Å². The predicted octanol–water partition coefficient (Wildman–Crippen LogP) is 7.30. The summed E-state index contributed by atoms with van der Waals surface area (Å²) in [6.07, 6.45) is 8.51. The molecule has 7 rings (SSSR count). The standard InChI is InChI=1S/C39H44N6O4/c1-38(2,3)49-37(48)41-23-32(46)25-15-17-28-31(21-25)45(5)36(42-28)39(18-10-19-39)43-35(47)26-14-16-27-30(22-26)44(4)34(29-13-8-9-20-40-29)33(27)24-11-6-7-12-24/h8-9,13-17,20-22,24H,6-7,10-12,18-19,23H2,1-5H3,(H,41,48)(H,43,47). The van der Waals surface area contributed by atoms with E-state index in [0.717, 1.165) is 53.0 Å². The molecule has 0 bridgehead atoms. The van der Waals surface area contributed by atoms with Crippen molar-refractivity contribution in [2.45, 2.75) is 82.8 Å². The highest BCUT2D eigenvalue weighted by atomic mass is 16.6. The van der Waals surface area contributed by atoms with Gasteiger partial charge in [-0.05, 0) is 107 Å². The zero-order valence-corrected chi connectivity index (χ0v) is 28.9. The van der Waals surface area contributed by atoms with E-state index in [9.17, 15) is 14.4 Å². The lowest BCUT2D eigenvalue weighted by atomic mass is 9.75. The third kappa shape index (κ3) is 6.09. The Bertz CT molecular complexity index is 2080. The van der Waals surface area contributed by atoms with Crippen LogP contribution < -0.4 is 10.6 Å². The van der Waals surface area contributed by atoms with Gasteiger partial charge in [-0.25, -0.2) is 9.78 Å². The van der Waals surface area contributed by atoms with Gasteiger partial charge in [0.1, 0.15) is 11.4 Å². The Morgan fingerprint density at radius 1 is 0.918 bits per heavy atom. The molecule has 2 aliphatic carbocycles. The number of imidazole rings is 1. The molecule has 49 heavy (non-hydrogen) atoms. The molecule has 2 aliphatic rings. The lowest BCUT2D eigenvalue weighted by Crippen LogP contribution is -2.52. The van der Waals surface area contributed by atoms with Gasteiger partial charge in [0.25, 0.3) is 5.91 Å². The topological polar surface area (TPSA) is 120 Å². The molecular formula is C39H44N6O4. The lowest BCUT2D eigenvalue weighted by Gasteiger charge is -2.41. The van der Waals surface area contributed by atoms with Crippen LogP contribution in [-0.2, 0) is 24.4 Å². The normalized spacial score (nSPS) is 16.1. The number of hydrogen-bond donors (Lipinski definition) is 2. The van der Waals surface area contributed by atoms with Gasteiger partial charge >= 0.3 is 6.09 Å². The van der Waals surface area contributed by atoms with Crippen LogP contribution in [0.4, 0.5) is 4.79 Å². The summed E-state index contributed by atoms with van der Waals surface area (Å²) in [4.78, 5) is 48.8. The van der Waals surface area contributed by atoms with Crippen LogP contribution in [-0.4, -0.2) is 49.0 Å². The van der Waals surface area contributed by atoms with E-state index in [2.05, 4.69) is 34.4 Å². The van der Waals surface area contributed by atoms with Crippen molar-refractivity contribution in [1.82, 2.24) is 29.7 Å². The van der Waals surface area contributed by atoms with Crippen molar-refractivity contribution in [2.75, 3.05) is 6.54 Å². The maximum absolute atomic E-state index is 14.0. The molecule has 2 aromatic carbocycles.